The van der Waals surface area contributed by atoms with Crippen molar-refractivity contribution in [2.24, 2.45) is 0 Å². The molecule has 100 valence electrons. The number of nitrogens with two attached hydrogens (primary N) is 1. The first kappa shape index (κ1) is 12.9. The summed E-state index contributed by atoms with van der Waals surface area (Å²) in [5, 5.41) is 6.63. The van der Waals surface area contributed by atoms with Crippen LogP contribution in [0.5, 0.6) is 5.88 Å². The summed E-state index contributed by atoms with van der Waals surface area (Å²) in [5.74, 6) is 0.643. The Morgan fingerprint density at radius 2 is 2.26 bits per heavy atom. The van der Waals surface area contributed by atoms with E-state index in [2.05, 4.69) is 15.4 Å². The second-order valence-corrected chi connectivity index (χ2v) is 3.72. The summed E-state index contributed by atoms with van der Waals surface area (Å²) in [6.07, 6.45) is 1.65. The monoisotopic (exact) mass is 261 g/mol. The summed E-state index contributed by atoms with van der Waals surface area (Å²) < 4.78 is 6.81. The molecule has 7 heteroatoms. The quantitative estimate of drug-likeness (QED) is 0.840. The van der Waals surface area contributed by atoms with Gasteiger partial charge in [-0.3, -0.25) is 4.79 Å². The van der Waals surface area contributed by atoms with Crippen LogP contribution in [0.2, 0.25) is 0 Å². The highest BCUT2D eigenvalue weighted by atomic mass is 16.5. The number of nitrogens with one attached hydrogen (secondary N) is 1. The van der Waals surface area contributed by atoms with Crippen LogP contribution in [-0.2, 0) is 0 Å². The van der Waals surface area contributed by atoms with Crippen LogP contribution in [-0.4, -0.2) is 34.3 Å². The van der Waals surface area contributed by atoms with Crippen molar-refractivity contribution in [1.29, 1.82) is 0 Å². The third-order valence-corrected chi connectivity index (χ3v) is 2.44. The Morgan fingerprint density at radius 1 is 1.47 bits per heavy atom. The molecule has 19 heavy (non-hydrogen) atoms. The lowest BCUT2D eigenvalue weighted by Gasteiger charge is -2.07. The zero-order valence-electron chi connectivity index (χ0n) is 10.8. The van der Waals surface area contributed by atoms with Crippen LogP contribution in [0.15, 0.2) is 24.4 Å². The molecule has 0 atom stereocenters. The van der Waals surface area contributed by atoms with Gasteiger partial charge in [0.25, 0.3) is 5.91 Å². The predicted molar refractivity (Wildman–Crippen MR) is 70.3 cm³/mol. The highest BCUT2D eigenvalue weighted by Crippen LogP contribution is 2.20. The summed E-state index contributed by atoms with van der Waals surface area (Å²) in [5.41, 5.74) is 6.53. The van der Waals surface area contributed by atoms with Gasteiger partial charge < -0.3 is 15.8 Å². The number of nitrogen functional groups attached to an aromatic ring is 1. The standard InChI is InChI=1S/C12H15N5O2/c1-3-19-12-8(13)4-5-10(15-12)17-7-6-9(16-17)11(18)14-2/h4-7H,3,13H2,1-2H3,(H,14,18). The van der Waals surface area contributed by atoms with Gasteiger partial charge in [0.2, 0.25) is 5.88 Å². The minimum atomic E-state index is -0.251. The maximum absolute atomic E-state index is 11.4. The largest absolute Gasteiger partial charge is 0.476 e. The zero-order valence-corrected chi connectivity index (χ0v) is 10.8. The average molecular weight is 261 g/mol. The number of pyridine rings is 1. The van der Waals surface area contributed by atoms with Gasteiger partial charge in [0, 0.05) is 13.2 Å². The molecule has 0 spiro atoms. The molecule has 2 rings (SSSR count). The molecule has 7 nitrogen and oxygen atoms in total. The van der Waals surface area contributed by atoms with Crippen molar-refractivity contribution in [2.45, 2.75) is 6.92 Å². The fourth-order valence-corrected chi connectivity index (χ4v) is 1.52. The van der Waals surface area contributed by atoms with Crippen molar-refractivity contribution >= 4 is 11.6 Å². The molecule has 3 N–H and O–H groups in total. The molecule has 2 heterocycles. The lowest BCUT2D eigenvalue weighted by atomic mass is 10.4. The molecule has 0 fully saturated rings. The number of rotatable bonds is 4. The summed E-state index contributed by atoms with van der Waals surface area (Å²) in [6.45, 7) is 2.33. The van der Waals surface area contributed by atoms with Gasteiger partial charge in [-0.1, -0.05) is 0 Å². The van der Waals surface area contributed by atoms with Crippen LogP contribution in [0, 0.1) is 0 Å². The van der Waals surface area contributed by atoms with Crippen LogP contribution in [0.4, 0.5) is 5.69 Å². The van der Waals surface area contributed by atoms with Crippen molar-refractivity contribution in [2.75, 3.05) is 19.4 Å². The molecule has 1 amide bonds. The van der Waals surface area contributed by atoms with Crippen molar-refractivity contribution in [3.05, 3.63) is 30.1 Å². The maximum Gasteiger partial charge on any atom is 0.271 e. The number of anilines is 1. The van der Waals surface area contributed by atoms with Crippen LogP contribution >= 0.6 is 0 Å². The fraction of sp³-hybridized carbons (Fsp3) is 0.250. The molecule has 0 aliphatic rings. The maximum atomic E-state index is 11.4. The van der Waals surface area contributed by atoms with E-state index >= 15 is 0 Å². The molecular formula is C12H15N5O2. The molecule has 0 bridgehead atoms. The van der Waals surface area contributed by atoms with Gasteiger partial charge in [0.15, 0.2) is 11.5 Å². The first-order chi connectivity index (χ1) is 9.15. The van der Waals surface area contributed by atoms with E-state index in [0.29, 0.717) is 29.7 Å². The minimum absolute atomic E-state index is 0.251. The van der Waals surface area contributed by atoms with E-state index in [4.69, 9.17) is 10.5 Å². The van der Waals surface area contributed by atoms with E-state index in [-0.39, 0.29) is 5.91 Å². The summed E-state index contributed by atoms with van der Waals surface area (Å²) in [4.78, 5) is 15.7. The molecular weight excluding hydrogens is 246 g/mol. The number of ether oxygens (including phenoxy) is 1. The molecule has 2 aromatic heterocycles. The smallest absolute Gasteiger partial charge is 0.271 e. The molecule has 0 radical (unpaired) electrons. The predicted octanol–water partition coefficient (Wildman–Crippen LogP) is 0.608. The third-order valence-electron chi connectivity index (χ3n) is 2.44. The summed E-state index contributed by atoms with van der Waals surface area (Å²) in [7, 11) is 1.55. The van der Waals surface area contributed by atoms with Gasteiger partial charge in [0.1, 0.15) is 0 Å². The van der Waals surface area contributed by atoms with Gasteiger partial charge in [0.05, 0.1) is 12.3 Å². The Hall–Kier alpha value is -2.57. The molecule has 0 saturated heterocycles. The Kier molecular flexibility index (Phi) is 3.65. The fourth-order valence-electron chi connectivity index (χ4n) is 1.52. The van der Waals surface area contributed by atoms with Crippen molar-refractivity contribution in [3.8, 4) is 11.7 Å². The number of hydrogen-bond acceptors (Lipinski definition) is 5. The van der Waals surface area contributed by atoms with Gasteiger partial charge in [-0.15, -0.1) is 0 Å². The first-order valence-corrected chi connectivity index (χ1v) is 5.83. The van der Waals surface area contributed by atoms with E-state index in [9.17, 15) is 4.79 Å². The van der Waals surface area contributed by atoms with Crippen LogP contribution in [0.1, 0.15) is 17.4 Å². The number of carbonyl (C=O) groups excluding carboxylic acids is 1. The number of carbonyl (C=O) groups is 1. The molecule has 2 aromatic rings. The Balaban J connectivity index is 2.33. The lowest BCUT2D eigenvalue weighted by Crippen LogP contribution is -2.18. The van der Waals surface area contributed by atoms with E-state index in [1.165, 1.54) is 4.68 Å². The highest BCUT2D eigenvalue weighted by molar-refractivity contribution is 5.91. The van der Waals surface area contributed by atoms with Gasteiger partial charge in [-0.25, -0.2) is 4.68 Å². The molecule has 0 aromatic carbocycles. The van der Waals surface area contributed by atoms with Crippen LogP contribution in [0.3, 0.4) is 0 Å². The Morgan fingerprint density at radius 3 is 2.95 bits per heavy atom. The highest BCUT2D eigenvalue weighted by Gasteiger charge is 2.10. The number of amides is 1. The molecule has 0 saturated carbocycles. The van der Waals surface area contributed by atoms with E-state index in [1.807, 2.05) is 6.92 Å². The lowest BCUT2D eigenvalue weighted by molar-refractivity contribution is 0.0957. The normalized spacial score (nSPS) is 10.2. The number of nitrogens with zero attached hydrogens (tertiary/aromatic N) is 3. The second-order valence-electron chi connectivity index (χ2n) is 3.72. The molecule has 0 aliphatic carbocycles. The topological polar surface area (TPSA) is 95.1 Å². The van der Waals surface area contributed by atoms with E-state index in [0.717, 1.165) is 0 Å². The SMILES string of the molecule is CCOc1nc(-n2ccc(C(=O)NC)n2)ccc1N. The Labute approximate surface area is 110 Å². The molecule has 0 aliphatic heterocycles. The second kappa shape index (κ2) is 5.38. The first-order valence-electron chi connectivity index (χ1n) is 5.83. The van der Waals surface area contributed by atoms with Crippen molar-refractivity contribution in [3.63, 3.8) is 0 Å². The Bertz CT molecular complexity index is 594. The summed E-state index contributed by atoms with van der Waals surface area (Å²) in [6, 6.07) is 5.00. The van der Waals surface area contributed by atoms with Crippen LogP contribution < -0.4 is 15.8 Å². The van der Waals surface area contributed by atoms with Gasteiger partial charge >= 0.3 is 0 Å². The van der Waals surface area contributed by atoms with Gasteiger partial charge in [-0.05, 0) is 25.1 Å². The zero-order chi connectivity index (χ0) is 13.8. The van der Waals surface area contributed by atoms with E-state index < -0.39 is 0 Å². The number of hydrogen-bond donors (Lipinski definition) is 2. The average Bonchev–Trinajstić information content (AvgIpc) is 2.90. The van der Waals surface area contributed by atoms with E-state index in [1.54, 1.807) is 31.4 Å². The van der Waals surface area contributed by atoms with Crippen molar-refractivity contribution in [1.82, 2.24) is 20.1 Å². The van der Waals surface area contributed by atoms with Gasteiger partial charge in [-0.2, -0.15) is 10.1 Å². The summed E-state index contributed by atoms with van der Waals surface area (Å²) >= 11 is 0. The van der Waals surface area contributed by atoms with Crippen LogP contribution in [0.25, 0.3) is 5.82 Å². The number of aromatic nitrogens is 3. The minimum Gasteiger partial charge on any atom is -0.476 e. The van der Waals surface area contributed by atoms with Crippen molar-refractivity contribution < 1.29 is 9.53 Å². The molecule has 0 unspecified atom stereocenters. The third kappa shape index (κ3) is 2.65.